The summed E-state index contributed by atoms with van der Waals surface area (Å²) in [6, 6.07) is 4.07. The van der Waals surface area contributed by atoms with E-state index in [0.29, 0.717) is 17.4 Å². The zero-order chi connectivity index (χ0) is 13.4. The lowest BCUT2D eigenvalue weighted by atomic mass is 9.75. The molecular formula is C15H19NO3. The van der Waals surface area contributed by atoms with Crippen molar-refractivity contribution in [3.05, 3.63) is 23.3 Å². The van der Waals surface area contributed by atoms with Crippen LogP contribution in [-0.2, 0) is 0 Å². The van der Waals surface area contributed by atoms with Gasteiger partial charge in [0.25, 0.3) is 5.91 Å². The maximum Gasteiger partial charge on any atom is 0.251 e. The van der Waals surface area contributed by atoms with Gasteiger partial charge in [-0.15, -0.1) is 0 Å². The first-order valence-corrected chi connectivity index (χ1v) is 6.81. The molecule has 1 amide bonds. The van der Waals surface area contributed by atoms with Crippen LogP contribution in [0.5, 0.6) is 11.5 Å². The van der Waals surface area contributed by atoms with Crippen LogP contribution < -0.4 is 14.8 Å². The molecular weight excluding hydrogens is 242 g/mol. The van der Waals surface area contributed by atoms with Crippen molar-refractivity contribution in [2.24, 2.45) is 0 Å². The number of methoxy groups -OCH3 is 2. The average molecular weight is 261 g/mol. The van der Waals surface area contributed by atoms with E-state index in [4.69, 9.17) is 9.47 Å². The van der Waals surface area contributed by atoms with Crippen molar-refractivity contribution in [3.8, 4) is 11.5 Å². The number of ether oxygens (including phenoxy) is 2. The lowest BCUT2D eigenvalue weighted by Gasteiger charge is -2.37. The van der Waals surface area contributed by atoms with E-state index in [0.717, 1.165) is 24.0 Å². The van der Waals surface area contributed by atoms with Gasteiger partial charge in [-0.05, 0) is 30.5 Å². The molecule has 1 aliphatic carbocycles. The Kier molecular flexibility index (Phi) is 3.09. The van der Waals surface area contributed by atoms with Crippen molar-refractivity contribution in [2.75, 3.05) is 14.2 Å². The fourth-order valence-corrected chi connectivity index (χ4v) is 3.32. The first-order valence-electron chi connectivity index (χ1n) is 6.81. The number of rotatable bonds is 2. The van der Waals surface area contributed by atoms with Crippen molar-refractivity contribution < 1.29 is 14.3 Å². The van der Waals surface area contributed by atoms with Gasteiger partial charge in [0.2, 0.25) is 0 Å². The van der Waals surface area contributed by atoms with Crippen molar-refractivity contribution >= 4 is 5.91 Å². The second-order valence-corrected chi connectivity index (χ2v) is 5.27. The van der Waals surface area contributed by atoms with E-state index in [1.165, 1.54) is 12.8 Å². The van der Waals surface area contributed by atoms with Crippen LogP contribution in [0.4, 0.5) is 0 Å². The molecule has 0 radical (unpaired) electrons. The fraction of sp³-hybridized carbons (Fsp3) is 0.533. The molecule has 0 saturated heterocycles. The maximum atomic E-state index is 12.2. The quantitative estimate of drug-likeness (QED) is 0.889. The summed E-state index contributed by atoms with van der Waals surface area (Å²) in [4.78, 5) is 12.2. The number of amides is 1. The Hall–Kier alpha value is -1.71. The molecule has 2 atom stereocenters. The molecule has 0 bridgehead atoms. The van der Waals surface area contributed by atoms with E-state index >= 15 is 0 Å². The third-order valence-electron chi connectivity index (χ3n) is 4.28. The molecule has 1 heterocycles. The van der Waals surface area contributed by atoms with Gasteiger partial charge in [0, 0.05) is 17.5 Å². The van der Waals surface area contributed by atoms with Crippen LogP contribution in [0.1, 0.15) is 47.5 Å². The number of carbonyl (C=O) groups excluding carboxylic acids is 1. The van der Waals surface area contributed by atoms with E-state index in [1.54, 1.807) is 20.3 Å². The zero-order valence-electron chi connectivity index (χ0n) is 11.4. The van der Waals surface area contributed by atoms with Gasteiger partial charge in [0.15, 0.2) is 11.5 Å². The molecule has 0 spiro atoms. The van der Waals surface area contributed by atoms with Crippen LogP contribution in [0, 0.1) is 0 Å². The largest absolute Gasteiger partial charge is 0.493 e. The summed E-state index contributed by atoms with van der Waals surface area (Å²) in [5.41, 5.74) is 1.85. The predicted molar refractivity (Wildman–Crippen MR) is 72.0 cm³/mol. The van der Waals surface area contributed by atoms with Crippen LogP contribution >= 0.6 is 0 Å². The number of fused-ring (bicyclic) bond motifs is 3. The summed E-state index contributed by atoms with van der Waals surface area (Å²) in [5.74, 6) is 1.76. The summed E-state index contributed by atoms with van der Waals surface area (Å²) in [5, 5.41) is 3.13. The molecule has 2 aliphatic rings. The predicted octanol–water partition coefficient (Wildman–Crippen LogP) is 2.47. The fourth-order valence-electron chi connectivity index (χ4n) is 3.32. The Morgan fingerprint density at radius 3 is 2.53 bits per heavy atom. The summed E-state index contributed by atoms with van der Waals surface area (Å²) >= 11 is 0. The second-order valence-electron chi connectivity index (χ2n) is 5.27. The number of carbonyl (C=O) groups is 1. The molecule has 1 fully saturated rings. The van der Waals surface area contributed by atoms with Crippen LogP contribution in [0.15, 0.2) is 12.1 Å². The minimum atomic E-state index is 0.0131. The molecule has 1 N–H and O–H groups in total. The molecule has 102 valence electrons. The van der Waals surface area contributed by atoms with E-state index in [9.17, 15) is 4.79 Å². The molecule has 1 aliphatic heterocycles. The monoisotopic (exact) mass is 261 g/mol. The topological polar surface area (TPSA) is 47.6 Å². The summed E-state index contributed by atoms with van der Waals surface area (Å²) in [6.07, 6.45) is 4.63. The highest BCUT2D eigenvalue weighted by molar-refractivity contribution is 5.98. The third kappa shape index (κ3) is 1.95. The number of nitrogens with one attached hydrogen (secondary N) is 1. The van der Waals surface area contributed by atoms with Gasteiger partial charge < -0.3 is 14.8 Å². The van der Waals surface area contributed by atoms with E-state index < -0.39 is 0 Å². The second kappa shape index (κ2) is 4.76. The van der Waals surface area contributed by atoms with E-state index in [1.807, 2.05) is 6.07 Å². The van der Waals surface area contributed by atoms with Gasteiger partial charge >= 0.3 is 0 Å². The van der Waals surface area contributed by atoms with E-state index in [2.05, 4.69) is 5.32 Å². The molecule has 1 saturated carbocycles. The van der Waals surface area contributed by atoms with Crippen molar-refractivity contribution in [1.82, 2.24) is 5.32 Å². The number of hydrogen-bond donors (Lipinski definition) is 1. The first-order chi connectivity index (χ1) is 9.24. The minimum absolute atomic E-state index is 0.0131. The normalized spacial score (nSPS) is 25.1. The molecule has 19 heavy (non-hydrogen) atoms. The number of benzene rings is 1. The van der Waals surface area contributed by atoms with Gasteiger partial charge in [0.1, 0.15) is 0 Å². The Balaban J connectivity index is 2.10. The molecule has 0 unspecified atom stereocenters. The van der Waals surface area contributed by atoms with Gasteiger partial charge in [-0.25, -0.2) is 0 Å². The average Bonchev–Trinajstić information content (AvgIpc) is 2.46. The minimum Gasteiger partial charge on any atom is -0.493 e. The van der Waals surface area contributed by atoms with Crippen LogP contribution in [0.2, 0.25) is 0 Å². The Morgan fingerprint density at radius 1 is 1.11 bits per heavy atom. The van der Waals surface area contributed by atoms with Crippen LogP contribution in [0.25, 0.3) is 0 Å². The van der Waals surface area contributed by atoms with Crippen molar-refractivity contribution in [3.63, 3.8) is 0 Å². The standard InChI is InChI=1S/C15H19NO3/c1-18-13-7-10-9-5-3-4-6-12(9)16-15(17)11(10)8-14(13)19-2/h7-9,12H,3-6H2,1-2H3,(H,16,17)/t9-,12+/m0/s1. The van der Waals surface area contributed by atoms with Gasteiger partial charge in [-0.1, -0.05) is 12.8 Å². The lowest BCUT2D eigenvalue weighted by molar-refractivity contribution is 0.0900. The van der Waals surface area contributed by atoms with E-state index in [-0.39, 0.29) is 11.9 Å². The van der Waals surface area contributed by atoms with Crippen LogP contribution in [0.3, 0.4) is 0 Å². The first kappa shape index (κ1) is 12.3. The van der Waals surface area contributed by atoms with Gasteiger partial charge in [-0.3, -0.25) is 4.79 Å². The highest BCUT2D eigenvalue weighted by atomic mass is 16.5. The molecule has 3 rings (SSSR count). The Morgan fingerprint density at radius 2 is 1.79 bits per heavy atom. The third-order valence-corrected chi connectivity index (χ3v) is 4.28. The lowest BCUT2D eigenvalue weighted by Crippen LogP contribution is -2.45. The van der Waals surface area contributed by atoms with Crippen molar-refractivity contribution in [2.45, 2.75) is 37.6 Å². The summed E-state index contributed by atoms with van der Waals surface area (Å²) in [6.45, 7) is 0. The SMILES string of the molecule is COc1cc2c(cc1OC)[C@@H]1CCCC[C@H]1NC2=O. The molecule has 4 nitrogen and oxygen atoms in total. The Labute approximate surface area is 113 Å². The van der Waals surface area contributed by atoms with Crippen LogP contribution in [-0.4, -0.2) is 26.2 Å². The maximum absolute atomic E-state index is 12.2. The molecule has 0 aromatic heterocycles. The summed E-state index contributed by atoms with van der Waals surface area (Å²) < 4.78 is 10.6. The summed E-state index contributed by atoms with van der Waals surface area (Å²) in [7, 11) is 3.22. The van der Waals surface area contributed by atoms with Gasteiger partial charge in [0.05, 0.1) is 14.2 Å². The molecule has 1 aromatic carbocycles. The number of hydrogen-bond acceptors (Lipinski definition) is 3. The molecule has 1 aromatic rings. The Bertz CT molecular complexity index is 512. The highest BCUT2D eigenvalue weighted by Gasteiger charge is 2.36. The highest BCUT2D eigenvalue weighted by Crippen LogP contribution is 2.42. The molecule has 4 heteroatoms. The zero-order valence-corrected chi connectivity index (χ0v) is 11.4. The smallest absolute Gasteiger partial charge is 0.251 e. The van der Waals surface area contributed by atoms with Gasteiger partial charge in [-0.2, -0.15) is 0 Å². The van der Waals surface area contributed by atoms with Crippen molar-refractivity contribution in [1.29, 1.82) is 0 Å².